The fourth-order valence-corrected chi connectivity index (χ4v) is 0.976. The molecular weight excluding hydrogens is 142 g/mol. The third kappa shape index (κ3) is 1.78. The summed E-state index contributed by atoms with van der Waals surface area (Å²) in [4.78, 5) is 0. The lowest BCUT2D eigenvalue weighted by molar-refractivity contribution is 0.269. The SMILES string of the molecule is Cc1nn(CCO)cc1CN. The van der Waals surface area contributed by atoms with Gasteiger partial charge in [0.1, 0.15) is 0 Å². The number of aromatic nitrogens is 2. The highest BCUT2D eigenvalue weighted by Crippen LogP contribution is 2.03. The average Bonchev–Trinajstić information content (AvgIpc) is 2.32. The van der Waals surface area contributed by atoms with E-state index in [1.165, 1.54) is 0 Å². The van der Waals surface area contributed by atoms with Crippen molar-refractivity contribution in [3.63, 3.8) is 0 Å². The lowest BCUT2D eigenvalue weighted by Gasteiger charge is -1.93. The van der Waals surface area contributed by atoms with Crippen LogP contribution in [0, 0.1) is 6.92 Å². The van der Waals surface area contributed by atoms with Crippen LogP contribution in [0.25, 0.3) is 0 Å². The van der Waals surface area contributed by atoms with Gasteiger partial charge in [-0.25, -0.2) is 0 Å². The number of hydrogen-bond acceptors (Lipinski definition) is 3. The highest BCUT2D eigenvalue weighted by Gasteiger charge is 2.00. The Morgan fingerprint density at radius 3 is 2.91 bits per heavy atom. The zero-order valence-corrected chi connectivity index (χ0v) is 6.62. The fourth-order valence-electron chi connectivity index (χ4n) is 0.976. The summed E-state index contributed by atoms with van der Waals surface area (Å²) in [7, 11) is 0. The molecule has 1 aromatic heterocycles. The van der Waals surface area contributed by atoms with Crippen LogP contribution < -0.4 is 5.73 Å². The van der Waals surface area contributed by atoms with Crippen LogP contribution >= 0.6 is 0 Å². The smallest absolute Gasteiger partial charge is 0.0641 e. The van der Waals surface area contributed by atoms with Gasteiger partial charge in [-0.2, -0.15) is 5.10 Å². The van der Waals surface area contributed by atoms with E-state index in [-0.39, 0.29) is 6.61 Å². The summed E-state index contributed by atoms with van der Waals surface area (Å²) in [5.74, 6) is 0. The predicted molar refractivity (Wildman–Crippen MR) is 41.9 cm³/mol. The van der Waals surface area contributed by atoms with Gasteiger partial charge in [-0.15, -0.1) is 0 Å². The van der Waals surface area contributed by atoms with Crippen LogP contribution in [0.3, 0.4) is 0 Å². The molecule has 0 amide bonds. The molecule has 3 N–H and O–H groups in total. The van der Waals surface area contributed by atoms with Crippen molar-refractivity contribution < 1.29 is 5.11 Å². The monoisotopic (exact) mass is 155 g/mol. The number of hydrogen-bond donors (Lipinski definition) is 2. The maximum atomic E-state index is 8.60. The summed E-state index contributed by atoms with van der Waals surface area (Å²) >= 11 is 0. The van der Waals surface area contributed by atoms with E-state index in [2.05, 4.69) is 5.10 Å². The standard InChI is InChI=1S/C7H13N3O/c1-6-7(4-8)5-10(9-6)2-3-11/h5,11H,2-4,8H2,1H3. The molecule has 0 aliphatic carbocycles. The summed E-state index contributed by atoms with van der Waals surface area (Å²) in [5, 5.41) is 12.7. The minimum absolute atomic E-state index is 0.116. The van der Waals surface area contributed by atoms with Crippen LogP contribution in [0.15, 0.2) is 6.20 Å². The minimum Gasteiger partial charge on any atom is -0.394 e. The van der Waals surface area contributed by atoms with E-state index in [1.54, 1.807) is 4.68 Å². The van der Waals surface area contributed by atoms with Crippen molar-refractivity contribution >= 4 is 0 Å². The van der Waals surface area contributed by atoms with Gasteiger partial charge in [0.05, 0.1) is 18.8 Å². The van der Waals surface area contributed by atoms with Crippen molar-refractivity contribution in [3.05, 3.63) is 17.5 Å². The normalized spacial score (nSPS) is 10.5. The number of rotatable bonds is 3. The van der Waals surface area contributed by atoms with Crippen LogP contribution in [0.4, 0.5) is 0 Å². The van der Waals surface area contributed by atoms with E-state index < -0.39 is 0 Å². The summed E-state index contributed by atoms with van der Waals surface area (Å²) < 4.78 is 1.71. The topological polar surface area (TPSA) is 64.1 Å². The highest BCUT2D eigenvalue weighted by molar-refractivity contribution is 5.14. The molecule has 1 aromatic rings. The molecule has 0 aromatic carbocycles. The Kier molecular flexibility index (Phi) is 2.62. The van der Waals surface area contributed by atoms with E-state index in [0.29, 0.717) is 13.1 Å². The largest absolute Gasteiger partial charge is 0.394 e. The number of aryl methyl sites for hydroxylation is 1. The molecule has 1 heterocycles. The third-order valence-corrected chi connectivity index (χ3v) is 1.60. The number of aliphatic hydroxyl groups is 1. The molecule has 0 unspecified atom stereocenters. The molecule has 0 spiro atoms. The Morgan fingerprint density at radius 1 is 1.73 bits per heavy atom. The van der Waals surface area contributed by atoms with Crippen LogP contribution in [-0.4, -0.2) is 21.5 Å². The molecule has 4 nitrogen and oxygen atoms in total. The van der Waals surface area contributed by atoms with E-state index >= 15 is 0 Å². The number of nitrogens with zero attached hydrogens (tertiary/aromatic N) is 2. The molecule has 1 rings (SSSR count). The average molecular weight is 155 g/mol. The summed E-state index contributed by atoms with van der Waals surface area (Å²) in [6, 6.07) is 0. The molecular formula is C7H13N3O. The van der Waals surface area contributed by atoms with Crippen molar-refractivity contribution in [2.75, 3.05) is 6.61 Å². The molecule has 0 saturated heterocycles. The predicted octanol–water partition coefficient (Wildman–Crippen LogP) is -0.357. The second kappa shape index (κ2) is 3.50. The molecule has 0 aliphatic rings. The van der Waals surface area contributed by atoms with Crippen molar-refractivity contribution in [1.82, 2.24) is 9.78 Å². The summed E-state index contributed by atoms with van der Waals surface area (Å²) in [5.41, 5.74) is 7.43. The number of aliphatic hydroxyl groups excluding tert-OH is 1. The van der Waals surface area contributed by atoms with Gasteiger partial charge >= 0.3 is 0 Å². The molecule has 0 atom stereocenters. The Morgan fingerprint density at radius 2 is 2.45 bits per heavy atom. The molecule has 62 valence electrons. The Balaban J connectivity index is 2.77. The molecule has 0 aliphatic heterocycles. The van der Waals surface area contributed by atoms with Gasteiger partial charge in [-0.3, -0.25) is 4.68 Å². The second-order valence-electron chi connectivity index (χ2n) is 2.43. The number of nitrogens with two attached hydrogens (primary N) is 1. The Bertz CT molecular complexity index is 232. The first-order chi connectivity index (χ1) is 5.27. The molecule has 0 fully saturated rings. The molecule has 4 heteroatoms. The van der Waals surface area contributed by atoms with E-state index in [9.17, 15) is 0 Å². The first-order valence-corrected chi connectivity index (χ1v) is 3.61. The van der Waals surface area contributed by atoms with Crippen LogP contribution in [-0.2, 0) is 13.1 Å². The second-order valence-corrected chi connectivity index (χ2v) is 2.43. The van der Waals surface area contributed by atoms with Gasteiger partial charge in [-0.1, -0.05) is 0 Å². The van der Waals surface area contributed by atoms with Gasteiger partial charge < -0.3 is 10.8 Å². The maximum Gasteiger partial charge on any atom is 0.0641 e. The Hall–Kier alpha value is -0.870. The van der Waals surface area contributed by atoms with Gasteiger partial charge in [0, 0.05) is 18.3 Å². The van der Waals surface area contributed by atoms with Crippen molar-refractivity contribution in [1.29, 1.82) is 0 Å². The van der Waals surface area contributed by atoms with Gasteiger partial charge in [0.25, 0.3) is 0 Å². The van der Waals surface area contributed by atoms with Gasteiger partial charge in [0.15, 0.2) is 0 Å². The fraction of sp³-hybridized carbons (Fsp3) is 0.571. The summed E-state index contributed by atoms with van der Waals surface area (Å²) in [6.07, 6.45) is 1.87. The zero-order chi connectivity index (χ0) is 8.27. The van der Waals surface area contributed by atoms with Crippen LogP contribution in [0.1, 0.15) is 11.3 Å². The zero-order valence-electron chi connectivity index (χ0n) is 6.62. The molecule has 11 heavy (non-hydrogen) atoms. The lowest BCUT2D eigenvalue weighted by atomic mass is 10.3. The molecule has 0 radical (unpaired) electrons. The van der Waals surface area contributed by atoms with Gasteiger partial charge in [0.2, 0.25) is 0 Å². The lowest BCUT2D eigenvalue weighted by Crippen LogP contribution is -2.02. The first kappa shape index (κ1) is 8.23. The van der Waals surface area contributed by atoms with E-state index in [1.807, 2.05) is 13.1 Å². The third-order valence-electron chi connectivity index (χ3n) is 1.60. The van der Waals surface area contributed by atoms with Crippen molar-refractivity contribution in [3.8, 4) is 0 Å². The highest BCUT2D eigenvalue weighted by atomic mass is 16.3. The quantitative estimate of drug-likeness (QED) is 0.626. The van der Waals surface area contributed by atoms with Crippen LogP contribution in [0.2, 0.25) is 0 Å². The van der Waals surface area contributed by atoms with Crippen molar-refractivity contribution in [2.24, 2.45) is 5.73 Å². The van der Waals surface area contributed by atoms with Gasteiger partial charge in [-0.05, 0) is 6.92 Å². The molecule has 0 saturated carbocycles. The Labute approximate surface area is 65.6 Å². The summed E-state index contributed by atoms with van der Waals surface area (Å²) in [6.45, 7) is 3.08. The van der Waals surface area contributed by atoms with E-state index in [4.69, 9.17) is 10.8 Å². The van der Waals surface area contributed by atoms with Crippen LogP contribution in [0.5, 0.6) is 0 Å². The molecule has 0 bridgehead atoms. The van der Waals surface area contributed by atoms with Crippen molar-refractivity contribution in [2.45, 2.75) is 20.0 Å². The first-order valence-electron chi connectivity index (χ1n) is 3.61. The van der Waals surface area contributed by atoms with E-state index in [0.717, 1.165) is 11.3 Å². The minimum atomic E-state index is 0.116. The maximum absolute atomic E-state index is 8.60.